The predicted octanol–water partition coefficient (Wildman–Crippen LogP) is 0.765. The largest absolute Gasteiger partial charge is 0.639 e. The van der Waals surface area contributed by atoms with Gasteiger partial charge in [0.1, 0.15) is 0 Å². The molecule has 2 atom stereocenters. The van der Waals surface area contributed by atoms with Gasteiger partial charge in [-0.1, -0.05) is 6.92 Å². The lowest BCUT2D eigenvalue weighted by Gasteiger charge is -2.12. The Morgan fingerprint density at radius 3 is 2.93 bits per heavy atom. The van der Waals surface area contributed by atoms with Crippen LogP contribution in [0.1, 0.15) is 26.7 Å². The van der Waals surface area contributed by atoms with Crippen molar-refractivity contribution in [2.45, 2.75) is 38.9 Å². The third-order valence-electron chi connectivity index (χ3n) is 2.22. The molecule has 0 bridgehead atoms. The first-order chi connectivity index (χ1) is 7.15. The molecule has 6 heteroatoms. The normalized spacial score (nSPS) is 22.9. The van der Waals surface area contributed by atoms with E-state index < -0.39 is 7.32 Å². The van der Waals surface area contributed by atoms with E-state index in [4.69, 9.17) is 18.7 Å². The van der Waals surface area contributed by atoms with Crippen molar-refractivity contribution in [1.82, 2.24) is 0 Å². The van der Waals surface area contributed by atoms with Gasteiger partial charge in [-0.2, -0.15) is 0 Å². The number of carbonyl (C=O) groups excluding carboxylic acids is 1. The zero-order valence-electron chi connectivity index (χ0n) is 9.39. The molecule has 2 unspecified atom stereocenters. The fraction of sp³-hybridized carbons (Fsp3) is 0.889. The summed E-state index contributed by atoms with van der Waals surface area (Å²) in [6.45, 7) is 4.20. The monoisotopic (exact) mass is 216 g/mol. The molecule has 5 nitrogen and oxygen atoms in total. The van der Waals surface area contributed by atoms with Crippen LogP contribution >= 0.6 is 0 Å². The first-order valence-electron chi connectivity index (χ1n) is 5.15. The summed E-state index contributed by atoms with van der Waals surface area (Å²) < 4.78 is 20.3. The Morgan fingerprint density at radius 2 is 2.40 bits per heavy atom. The van der Waals surface area contributed by atoms with E-state index >= 15 is 0 Å². The van der Waals surface area contributed by atoms with Gasteiger partial charge in [0, 0.05) is 7.11 Å². The fourth-order valence-corrected chi connectivity index (χ4v) is 1.19. The second-order valence-electron chi connectivity index (χ2n) is 3.53. The van der Waals surface area contributed by atoms with Crippen molar-refractivity contribution in [3.8, 4) is 0 Å². The molecule has 1 aliphatic rings. The smallest absolute Gasteiger partial charge is 0.463 e. The zero-order valence-corrected chi connectivity index (χ0v) is 9.39. The topological polar surface area (TPSA) is 54.0 Å². The summed E-state index contributed by atoms with van der Waals surface area (Å²) in [7, 11) is 0.844. The Balaban J connectivity index is 2.21. The Kier molecular flexibility index (Phi) is 5.07. The van der Waals surface area contributed by atoms with Gasteiger partial charge < -0.3 is 18.7 Å². The Bertz CT molecular complexity index is 211. The minimum atomic E-state index is -0.647. The van der Waals surface area contributed by atoms with Crippen molar-refractivity contribution in [3.05, 3.63) is 0 Å². The van der Waals surface area contributed by atoms with Crippen LogP contribution in [0.4, 0.5) is 0 Å². The Labute approximate surface area is 90.2 Å². The molecule has 1 aliphatic heterocycles. The van der Waals surface area contributed by atoms with Crippen LogP contribution in [0.3, 0.4) is 0 Å². The predicted molar refractivity (Wildman–Crippen MR) is 54.1 cm³/mol. The van der Waals surface area contributed by atoms with Gasteiger partial charge in [0.15, 0.2) is 0 Å². The first kappa shape index (κ1) is 12.5. The second-order valence-corrected chi connectivity index (χ2v) is 3.53. The van der Waals surface area contributed by atoms with Gasteiger partial charge in [0.25, 0.3) is 0 Å². The van der Waals surface area contributed by atoms with Crippen molar-refractivity contribution in [1.29, 1.82) is 0 Å². The summed E-state index contributed by atoms with van der Waals surface area (Å²) in [5.41, 5.74) is 0. The molecule has 0 N–H and O–H groups in total. The number of hydrogen-bond donors (Lipinski definition) is 0. The quantitative estimate of drug-likeness (QED) is 0.501. The van der Waals surface area contributed by atoms with Crippen LogP contribution in [0.2, 0.25) is 0 Å². The molecule has 86 valence electrons. The van der Waals surface area contributed by atoms with Crippen molar-refractivity contribution in [2.24, 2.45) is 0 Å². The van der Waals surface area contributed by atoms with Gasteiger partial charge in [0.2, 0.25) is 0 Å². The molecular weight excluding hydrogens is 199 g/mol. The molecule has 0 saturated carbocycles. The van der Waals surface area contributed by atoms with E-state index in [1.54, 1.807) is 0 Å². The maximum atomic E-state index is 11.4. The van der Waals surface area contributed by atoms with Crippen LogP contribution in [0.15, 0.2) is 0 Å². The highest BCUT2D eigenvalue weighted by atomic mass is 16.8. The Morgan fingerprint density at radius 1 is 1.67 bits per heavy atom. The molecule has 0 aromatic rings. The second kappa shape index (κ2) is 6.10. The van der Waals surface area contributed by atoms with E-state index in [1.165, 1.54) is 7.11 Å². The van der Waals surface area contributed by atoms with E-state index in [-0.39, 0.29) is 24.6 Å². The lowest BCUT2D eigenvalue weighted by molar-refractivity contribution is -0.150. The molecule has 0 aromatic heterocycles. The number of esters is 1. The number of ether oxygens (including phenoxy) is 1. The molecule has 1 rings (SSSR count). The summed E-state index contributed by atoms with van der Waals surface area (Å²) in [5.74, 6) is -0.255. The van der Waals surface area contributed by atoms with Gasteiger partial charge in [-0.15, -0.1) is 0 Å². The summed E-state index contributed by atoms with van der Waals surface area (Å²) in [6, 6.07) is 0. The average molecular weight is 216 g/mol. The van der Waals surface area contributed by atoms with Crippen molar-refractivity contribution in [2.75, 3.05) is 13.7 Å². The van der Waals surface area contributed by atoms with E-state index in [0.29, 0.717) is 6.61 Å². The summed E-state index contributed by atoms with van der Waals surface area (Å²) in [5, 5.41) is 0. The van der Waals surface area contributed by atoms with Crippen molar-refractivity contribution < 1.29 is 23.5 Å². The summed E-state index contributed by atoms with van der Waals surface area (Å²) in [6.07, 6.45) is 0.725. The highest BCUT2D eigenvalue weighted by molar-refractivity contribution is 6.37. The lowest BCUT2D eigenvalue weighted by atomic mass is 10.2. The van der Waals surface area contributed by atoms with E-state index in [2.05, 4.69) is 0 Å². The van der Waals surface area contributed by atoms with Crippen LogP contribution in [-0.2, 0) is 23.5 Å². The third kappa shape index (κ3) is 4.19. The van der Waals surface area contributed by atoms with Crippen LogP contribution in [0, 0.1) is 0 Å². The van der Waals surface area contributed by atoms with Crippen molar-refractivity contribution in [3.63, 3.8) is 0 Å². The highest BCUT2D eigenvalue weighted by Gasteiger charge is 2.34. The molecule has 1 fully saturated rings. The van der Waals surface area contributed by atoms with Gasteiger partial charge in [-0.25, -0.2) is 0 Å². The molecule has 15 heavy (non-hydrogen) atoms. The molecule has 1 saturated heterocycles. The van der Waals surface area contributed by atoms with Gasteiger partial charge in [-0.05, 0) is 13.3 Å². The summed E-state index contributed by atoms with van der Waals surface area (Å²) in [4.78, 5) is 11.4. The van der Waals surface area contributed by atoms with Gasteiger partial charge in [0.05, 0.1) is 25.2 Å². The number of rotatable bonds is 5. The molecule has 0 amide bonds. The standard InChI is InChI=1S/C9H17BO5/c1-4-7(2)14-9(11)5-8-6-13-10(12-3)15-8/h7-8H,4-6H2,1-3H3. The maximum absolute atomic E-state index is 11.4. The zero-order chi connectivity index (χ0) is 11.3. The van der Waals surface area contributed by atoms with E-state index in [9.17, 15) is 4.79 Å². The number of carbonyl (C=O) groups is 1. The number of hydrogen-bond acceptors (Lipinski definition) is 5. The molecule has 1 heterocycles. The third-order valence-corrected chi connectivity index (χ3v) is 2.22. The molecular formula is C9H17BO5. The SMILES string of the molecule is CCC(C)OC(=O)CC1COB(OC)O1. The first-order valence-corrected chi connectivity index (χ1v) is 5.15. The lowest BCUT2D eigenvalue weighted by Crippen LogP contribution is -2.23. The van der Waals surface area contributed by atoms with Gasteiger partial charge in [-0.3, -0.25) is 4.79 Å². The molecule has 0 spiro atoms. The van der Waals surface area contributed by atoms with E-state index in [0.717, 1.165) is 6.42 Å². The highest BCUT2D eigenvalue weighted by Crippen LogP contribution is 2.13. The average Bonchev–Trinajstić information content (AvgIpc) is 2.65. The molecule has 0 radical (unpaired) electrons. The van der Waals surface area contributed by atoms with E-state index in [1.807, 2.05) is 13.8 Å². The Hall–Kier alpha value is -0.585. The van der Waals surface area contributed by atoms with Crippen molar-refractivity contribution >= 4 is 13.3 Å². The molecule has 0 aliphatic carbocycles. The van der Waals surface area contributed by atoms with Crippen LogP contribution in [0.25, 0.3) is 0 Å². The summed E-state index contributed by atoms with van der Waals surface area (Å²) >= 11 is 0. The van der Waals surface area contributed by atoms with Crippen LogP contribution in [-0.4, -0.2) is 39.2 Å². The minimum absolute atomic E-state index is 0.0435. The molecule has 0 aromatic carbocycles. The van der Waals surface area contributed by atoms with Gasteiger partial charge >= 0.3 is 13.3 Å². The fourth-order valence-electron chi connectivity index (χ4n) is 1.19. The van der Waals surface area contributed by atoms with Crippen LogP contribution < -0.4 is 0 Å². The maximum Gasteiger partial charge on any atom is 0.639 e. The minimum Gasteiger partial charge on any atom is -0.463 e. The van der Waals surface area contributed by atoms with Crippen LogP contribution in [0.5, 0.6) is 0 Å².